The predicted molar refractivity (Wildman–Crippen MR) is 119 cm³/mol. The zero-order valence-corrected chi connectivity index (χ0v) is 17.2. The van der Waals surface area contributed by atoms with Crippen molar-refractivity contribution in [1.29, 1.82) is 0 Å². The lowest BCUT2D eigenvalue weighted by atomic mass is 10.1. The van der Waals surface area contributed by atoms with Gasteiger partial charge in [-0.25, -0.2) is 9.82 Å². The summed E-state index contributed by atoms with van der Waals surface area (Å²) in [7, 11) is 0. The summed E-state index contributed by atoms with van der Waals surface area (Å²) in [5.41, 5.74) is 6.56. The Bertz CT molecular complexity index is 1290. The van der Waals surface area contributed by atoms with Crippen LogP contribution in [0, 0.1) is 19.7 Å². The molecule has 1 amide bonds. The highest BCUT2D eigenvalue weighted by molar-refractivity contribution is 6.30. The van der Waals surface area contributed by atoms with Crippen LogP contribution in [0.5, 0.6) is 0 Å². The van der Waals surface area contributed by atoms with Gasteiger partial charge in [-0.3, -0.25) is 4.79 Å². The van der Waals surface area contributed by atoms with E-state index in [1.54, 1.807) is 24.4 Å². The molecule has 0 unspecified atom stereocenters. The number of amides is 1. The van der Waals surface area contributed by atoms with Gasteiger partial charge < -0.3 is 4.57 Å². The van der Waals surface area contributed by atoms with Crippen LogP contribution in [0.25, 0.3) is 16.5 Å². The Labute approximate surface area is 178 Å². The van der Waals surface area contributed by atoms with Gasteiger partial charge >= 0.3 is 0 Å². The van der Waals surface area contributed by atoms with Crippen LogP contribution < -0.4 is 5.43 Å². The Kier molecular flexibility index (Phi) is 5.38. The lowest BCUT2D eigenvalue weighted by Gasteiger charge is -2.10. The summed E-state index contributed by atoms with van der Waals surface area (Å²) < 4.78 is 15.4. The molecule has 0 saturated heterocycles. The van der Waals surface area contributed by atoms with Crippen molar-refractivity contribution in [3.63, 3.8) is 0 Å². The van der Waals surface area contributed by atoms with Gasteiger partial charge in [0.15, 0.2) is 0 Å². The first-order valence-corrected chi connectivity index (χ1v) is 9.78. The van der Waals surface area contributed by atoms with Gasteiger partial charge in [0.2, 0.25) is 0 Å². The van der Waals surface area contributed by atoms with Gasteiger partial charge in [-0.05, 0) is 61.0 Å². The number of hydrogen-bond donors (Lipinski definition) is 1. The van der Waals surface area contributed by atoms with E-state index >= 15 is 0 Å². The van der Waals surface area contributed by atoms with Gasteiger partial charge in [-0.15, -0.1) is 0 Å². The molecule has 0 atom stereocenters. The molecule has 0 saturated carbocycles. The third kappa shape index (κ3) is 3.84. The number of carbonyl (C=O) groups excluding carboxylic acids is 1. The molecule has 3 aromatic carbocycles. The minimum atomic E-state index is -0.457. The van der Waals surface area contributed by atoms with Gasteiger partial charge in [0.1, 0.15) is 5.82 Å². The first-order valence-electron chi connectivity index (χ1n) is 9.40. The third-order valence-corrected chi connectivity index (χ3v) is 5.30. The number of aryl methyl sites for hydroxylation is 1. The maximum absolute atomic E-state index is 13.5. The SMILES string of the molecule is Cc1cc(/C=N/NC(=O)c2ccc3ccccc3c2)c(C)n1-c1ccc(F)c(Cl)c1. The van der Waals surface area contributed by atoms with Crippen LogP contribution in [-0.4, -0.2) is 16.7 Å². The molecule has 4 rings (SSSR count). The quantitative estimate of drug-likeness (QED) is 0.329. The summed E-state index contributed by atoms with van der Waals surface area (Å²) in [6.07, 6.45) is 1.60. The van der Waals surface area contributed by atoms with Gasteiger partial charge in [-0.2, -0.15) is 5.10 Å². The summed E-state index contributed by atoms with van der Waals surface area (Å²) in [4.78, 5) is 12.4. The van der Waals surface area contributed by atoms with Crippen molar-refractivity contribution in [3.05, 3.63) is 100 Å². The maximum Gasteiger partial charge on any atom is 0.271 e. The van der Waals surface area contributed by atoms with Crippen LogP contribution in [0.3, 0.4) is 0 Å². The molecule has 0 bridgehead atoms. The highest BCUT2D eigenvalue weighted by atomic mass is 35.5. The second-order valence-corrected chi connectivity index (χ2v) is 7.43. The summed E-state index contributed by atoms with van der Waals surface area (Å²) in [5.74, 6) is -0.739. The fourth-order valence-corrected chi connectivity index (χ4v) is 3.67. The Morgan fingerprint density at radius 1 is 1.03 bits per heavy atom. The van der Waals surface area contributed by atoms with E-state index in [9.17, 15) is 9.18 Å². The second-order valence-electron chi connectivity index (χ2n) is 7.02. The normalized spacial score (nSPS) is 11.3. The number of hydrazone groups is 1. The van der Waals surface area contributed by atoms with E-state index in [1.165, 1.54) is 6.07 Å². The van der Waals surface area contributed by atoms with Crippen molar-refractivity contribution in [2.75, 3.05) is 0 Å². The van der Waals surface area contributed by atoms with E-state index in [0.29, 0.717) is 5.56 Å². The van der Waals surface area contributed by atoms with Crippen LogP contribution in [0.4, 0.5) is 4.39 Å². The zero-order valence-electron chi connectivity index (χ0n) is 16.5. The number of benzene rings is 3. The van der Waals surface area contributed by atoms with Crippen molar-refractivity contribution in [2.24, 2.45) is 5.10 Å². The molecule has 0 aliphatic rings. The van der Waals surface area contributed by atoms with Crippen LogP contribution >= 0.6 is 11.6 Å². The minimum Gasteiger partial charge on any atom is -0.318 e. The second kappa shape index (κ2) is 8.13. The number of nitrogens with zero attached hydrogens (tertiary/aromatic N) is 2. The number of fused-ring (bicyclic) bond motifs is 1. The molecule has 6 heteroatoms. The summed E-state index contributed by atoms with van der Waals surface area (Å²) in [6, 6.07) is 19.9. The number of hydrogen-bond acceptors (Lipinski definition) is 2. The number of halogens is 2. The fraction of sp³-hybridized carbons (Fsp3) is 0.0833. The molecule has 0 aliphatic carbocycles. The molecular weight excluding hydrogens is 401 g/mol. The van der Waals surface area contributed by atoms with Crippen molar-refractivity contribution >= 4 is 34.5 Å². The van der Waals surface area contributed by atoms with Gasteiger partial charge in [0.05, 0.1) is 11.2 Å². The molecule has 1 N–H and O–H groups in total. The van der Waals surface area contributed by atoms with Crippen molar-refractivity contribution < 1.29 is 9.18 Å². The van der Waals surface area contributed by atoms with Crippen LogP contribution in [0.1, 0.15) is 27.3 Å². The topological polar surface area (TPSA) is 46.4 Å². The molecule has 0 radical (unpaired) electrons. The van der Waals surface area contributed by atoms with E-state index in [0.717, 1.165) is 33.4 Å². The predicted octanol–water partition coefficient (Wildman–Crippen LogP) is 5.80. The first-order chi connectivity index (χ1) is 14.4. The lowest BCUT2D eigenvalue weighted by Crippen LogP contribution is -2.17. The molecule has 0 fully saturated rings. The molecule has 1 heterocycles. The fourth-order valence-electron chi connectivity index (χ4n) is 3.50. The molecular formula is C24H19ClFN3O. The Morgan fingerprint density at radius 3 is 2.57 bits per heavy atom. The van der Waals surface area contributed by atoms with Crippen molar-refractivity contribution in [3.8, 4) is 5.69 Å². The largest absolute Gasteiger partial charge is 0.318 e. The summed E-state index contributed by atoms with van der Waals surface area (Å²) in [6.45, 7) is 3.87. The van der Waals surface area contributed by atoms with E-state index < -0.39 is 5.82 Å². The average molecular weight is 420 g/mol. The van der Waals surface area contributed by atoms with Crippen molar-refractivity contribution in [1.82, 2.24) is 9.99 Å². The minimum absolute atomic E-state index is 0.0675. The number of nitrogens with one attached hydrogen (secondary N) is 1. The molecule has 30 heavy (non-hydrogen) atoms. The highest BCUT2D eigenvalue weighted by Gasteiger charge is 2.11. The van der Waals surface area contributed by atoms with Gasteiger partial charge in [0.25, 0.3) is 5.91 Å². The van der Waals surface area contributed by atoms with E-state index in [2.05, 4.69) is 10.5 Å². The monoisotopic (exact) mass is 419 g/mol. The Balaban J connectivity index is 1.54. The van der Waals surface area contributed by atoms with Crippen LogP contribution in [0.2, 0.25) is 5.02 Å². The van der Waals surface area contributed by atoms with Crippen molar-refractivity contribution in [2.45, 2.75) is 13.8 Å². The lowest BCUT2D eigenvalue weighted by molar-refractivity contribution is 0.0955. The Morgan fingerprint density at radius 2 is 1.80 bits per heavy atom. The van der Waals surface area contributed by atoms with Gasteiger partial charge in [0, 0.05) is 28.2 Å². The highest BCUT2D eigenvalue weighted by Crippen LogP contribution is 2.24. The van der Waals surface area contributed by atoms with Gasteiger partial charge in [-0.1, -0.05) is 41.9 Å². The molecule has 1 aromatic heterocycles. The maximum atomic E-state index is 13.5. The van der Waals surface area contributed by atoms with E-state index in [4.69, 9.17) is 11.6 Å². The third-order valence-electron chi connectivity index (χ3n) is 5.01. The van der Waals surface area contributed by atoms with E-state index in [-0.39, 0.29) is 10.9 Å². The van der Waals surface area contributed by atoms with Crippen LogP contribution in [0.15, 0.2) is 71.8 Å². The smallest absolute Gasteiger partial charge is 0.271 e. The number of aromatic nitrogens is 1. The molecule has 150 valence electrons. The average Bonchev–Trinajstić information content (AvgIpc) is 3.03. The molecule has 0 spiro atoms. The number of carbonyl (C=O) groups is 1. The number of rotatable bonds is 4. The molecule has 4 aromatic rings. The molecule has 0 aliphatic heterocycles. The standard InChI is InChI=1S/C24H19ClFN3O/c1-15-11-20(16(2)29(15)21-9-10-23(26)22(25)13-21)14-27-28-24(30)19-8-7-17-5-3-4-6-18(17)12-19/h3-14H,1-2H3,(H,28,30)/b27-14+. The molecule has 4 nitrogen and oxygen atoms in total. The zero-order chi connectivity index (χ0) is 21.3. The van der Waals surface area contributed by atoms with E-state index in [1.807, 2.05) is 60.9 Å². The van der Waals surface area contributed by atoms with Crippen LogP contribution in [-0.2, 0) is 0 Å². The summed E-state index contributed by atoms with van der Waals surface area (Å²) >= 11 is 5.93. The first kappa shape index (κ1) is 19.9. The Hall–Kier alpha value is -3.44. The summed E-state index contributed by atoms with van der Waals surface area (Å²) in [5, 5.41) is 6.25.